The number of hydrogen-bond donors (Lipinski definition) is 1. The predicted octanol–water partition coefficient (Wildman–Crippen LogP) is 3.74. The van der Waals surface area contributed by atoms with Crippen LogP contribution in [-0.4, -0.2) is 27.8 Å². The van der Waals surface area contributed by atoms with Crippen molar-refractivity contribution in [2.45, 2.75) is 69.8 Å². The third kappa shape index (κ3) is 4.19. The van der Waals surface area contributed by atoms with Gasteiger partial charge in [0, 0.05) is 22.7 Å². The normalized spacial score (nSPS) is 26.7. The fraction of sp³-hybridized carbons (Fsp3) is 0.750. The summed E-state index contributed by atoms with van der Waals surface area (Å²) in [4.78, 5) is 9.20. The molecule has 1 aliphatic rings. The predicted molar refractivity (Wildman–Crippen MR) is 86.2 cm³/mol. The molecule has 0 spiro atoms. The van der Waals surface area contributed by atoms with Crippen molar-refractivity contribution in [2.24, 2.45) is 5.92 Å². The molecule has 1 fully saturated rings. The maximum Gasteiger partial charge on any atom is 0.188 e. The van der Waals surface area contributed by atoms with Crippen LogP contribution >= 0.6 is 11.8 Å². The van der Waals surface area contributed by atoms with Gasteiger partial charge in [-0.3, -0.25) is 0 Å². The van der Waals surface area contributed by atoms with Crippen LogP contribution in [0.4, 0.5) is 0 Å². The molecule has 3 atom stereocenters. The van der Waals surface area contributed by atoms with Crippen molar-refractivity contribution in [3.05, 3.63) is 17.5 Å². The van der Waals surface area contributed by atoms with Crippen molar-refractivity contribution < 1.29 is 0 Å². The van der Waals surface area contributed by atoms with Crippen LogP contribution in [0, 0.1) is 19.8 Å². The Kier molecular flexibility index (Phi) is 5.85. The quantitative estimate of drug-likeness (QED) is 0.839. The van der Waals surface area contributed by atoms with Crippen LogP contribution in [0.2, 0.25) is 0 Å². The van der Waals surface area contributed by atoms with Crippen LogP contribution in [0.3, 0.4) is 0 Å². The summed E-state index contributed by atoms with van der Waals surface area (Å²) in [7, 11) is 0. The standard InChI is InChI=1S/C16H27N3S/c1-5-13-7-8-14(17-6-2)15(10-13)20-16-18-11(3)9-12(4)19-16/h9,13-15,17H,5-8,10H2,1-4H3. The zero-order chi connectivity index (χ0) is 14.5. The molecule has 0 saturated heterocycles. The Hall–Kier alpha value is -0.610. The van der Waals surface area contributed by atoms with Crippen molar-refractivity contribution in [3.63, 3.8) is 0 Å². The van der Waals surface area contributed by atoms with E-state index in [1.807, 2.05) is 17.8 Å². The Morgan fingerprint density at radius 1 is 1.20 bits per heavy atom. The van der Waals surface area contributed by atoms with E-state index in [1.165, 1.54) is 25.7 Å². The average molecular weight is 293 g/mol. The molecule has 0 amide bonds. The molecule has 1 saturated carbocycles. The summed E-state index contributed by atoms with van der Waals surface area (Å²) in [6, 6.07) is 2.65. The molecule has 1 heterocycles. The van der Waals surface area contributed by atoms with E-state index in [4.69, 9.17) is 0 Å². The summed E-state index contributed by atoms with van der Waals surface area (Å²) >= 11 is 1.88. The summed E-state index contributed by atoms with van der Waals surface area (Å²) in [5, 5.41) is 5.21. The minimum Gasteiger partial charge on any atom is -0.313 e. The lowest BCUT2D eigenvalue weighted by Crippen LogP contribution is -2.42. The van der Waals surface area contributed by atoms with E-state index in [1.54, 1.807) is 0 Å². The highest BCUT2D eigenvalue weighted by Gasteiger charge is 2.30. The van der Waals surface area contributed by atoms with Gasteiger partial charge < -0.3 is 5.32 Å². The molecule has 1 aromatic rings. The molecule has 1 aromatic heterocycles. The molecule has 4 heteroatoms. The summed E-state index contributed by atoms with van der Waals surface area (Å²) in [5.74, 6) is 0.869. The maximum absolute atomic E-state index is 4.60. The SMILES string of the molecule is CCNC1CCC(CC)CC1Sc1nc(C)cc(C)n1. The minimum atomic E-state index is 0.606. The summed E-state index contributed by atoms with van der Waals surface area (Å²) in [6.07, 6.45) is 5.23. The molecule has 1 aliphatic carbocycles. The van der Waals surface area contributed by atoms with E-state index in [2.05, 4.69) is 43.0 Å². The number of thioether (sulfide) groups is 1. The smallest absolute Gasteiger partial charge is 0.188 e. The number of nitrogens with one attached hydrogen (secondary N) is 1. The number of rotatable bonds is 5. The van der Waals surface area contributed by atoms with Gasteiger partial charge in [-0.1, -0.05) is 32.0 Å². The van der Waals surface area contributed by atoms with Gasteiger partial charge >= 0.3 is 0 Å². The van der Waals surface area contributed by atoms with Gasteiger partial charge in [0.25, 0.3) is 0 Å². The molecule has 0 aromatic carbocycles. The number of nitrogens with zero attached hydrogens (tertiary/aromatic N) is 2. The Balaban J connectivity index is 2.09. The van der Waals surface area contributed by atoms with Gasteiger partial charge in [-0.05, 0) is 51.6 Å². The molecule has 0 radical (unpaired) electrons. The highest BCUT2D eigenvalue weighted by Crippen LogP contribution is 2.36. The lowest BCUT2D eigenvalue weighted by atomic mass is 9.84. The van der Waals surface area contributed by atoms with Crippen molar-refractivity contribution in [2.75, 3.05) is 6.54 Å². The Morgan fingerprint density at radius 3 is 2.50 bits per heavy atom. The fourth-order valence-corrected chi connectivity index (χ4v) is 4.52. The molecular weight excluding hydrogens is 266 g/mol. The molecule has 1 N–H and O–H groups in total. The van der Waals surface area contributed by atoms with Crippen LogP contribution in [0.15, 0.2) is 11.2 Å². The van der Waals surface area contributed by atoms with E-state index >= 15 is 0 Å². The third-order valence-electron chi connectivity index (χ3n) is 4.16. The molecule has 0 aliphatic heterocycles. The number of hydrogen-bond acceptors (Lipinski definition) is 4. The second-order valence-corrected chi connectivity index (χ2v) is 7.05. The van der Waals surface area contributed by atoms with E-state index in [0.29, 0.717) is 11.3 Å². The van der Waals surface area contributed by atoms with E-state index < -0.39 is 0 Å². The lowest BCUT2D eigenvalue weighted by Gasteiger charge is -2.35. The van der Waals surface area contributed by atoms with Gasteiger partial charge in [-0.25, -0.2) is 9.97 Å². The summed E-state index contributed by atoms with van der Waals surface area (Å²) < 4.78 is 0. The van der Waals surface area contributed by atoms with E-state index in [-0.39, 0.29) is 0 Å². The number of aryl methyl sites for hydroxylation is 2. The summed E-state index contributed by atoms with van der Waals surface area (Å²) in [5.41, 5.74) is 2.14. The largest absolute Gasteiger partial charge is 0.313 e. The van der Waals surface area contributed by atoms with Crippen LogP contribution in [0.1, 0.15) is 50.9 Å². The molecule has 0 bridgehead atoms. The minimum absolute atomic E-state index is 0.606. The first-order valence-electron chi connectivity index (χ1n) is 7.84. The first-order chi connectivity index (χ1) is 9.62. The van der Waals surface area contributed by atoms with Gasteiger partial charge in [-0.2, -0.15) is 0 Å². The topological polar surface area (TPSA) is 37.8 Å². The lowest BCUT2D eigenvalue weighted by molar-refractivity contribution is 0.297. The first-order valence-corrected chi connectivity index (χ1v) is 8.72. The third-order valence-corrected chi connectivity index (χ3v) is 5.38. The van der Waals surface area contributed by atoms with Crippen LogP contribution in [0.25, 0.3) is 0 Å². The first kappa shape index (κ1) is 15.8. The highest BCUT2D eigenvalue weighted by molar-refractivity contribution is 7.99. The van der Waals surface area contributed by atoms with Gasteiger partial charge in [0.05, 0.1) is 0 Å². The van der Waals surface area contributed by atoms with E-state index in [0.717, 1.165) is 29.0 Å². The Labute approximate surface area is 127 Å². The van der Waals surface area contributed by atoms with Crippen LogP contribution in [-0.2, 0) is 0 Å². The second-order valence-electron chi connectivity index (χ2n) is 5.84. The summed E-state index contributed by atoms with van der Waals surface area (Å²) in [6.45, 7) is 9.66. The fourth-order valence-electron chi connectivity index (χ4n) is 3.09. The van der Waals surface area contributed by atoms with E-state index in [9.17, 15) is 0 Å². The molecule has 3 nitrogen and oxygen atoms in total. The van der Waals surface area contributed by atoms with Crippen molar-refractivity contribution >= 4 is 11.8 Å². The van der Waals surface area contributed by atoms with Gasteiger partial charge in [0.2, 0.25) is 0 Å². The van der Waals surface area contributed by atoms with Gasteiger partial charge in [0.15, 0.2) is 5.16 Å². The highest BCUT2D eigenvalue weighted by atomic mass is 32.2. The average Bonchev–Trinajstić information content (AvgIpc) is 2.40. The molecule has 3 unspecified atom stereocenters. The van der Waals surface area contributed by atoms with Gasteiger partial charge in [-0.15, -0.1) is 0 Å². The molecular formula is C16H27N3S. The second kappa shape index (κ2) is 7.41. The van der Waals surface area contributed by atoms with Crippen molar-refractivity contribution in [1.29, 1.82) is 0 Å². The monoisotopic (exact) mass is 293 g/mol. The zero-order valence-corrected chi connectivity index (χ0v) is 14.0. The Bertz CT molecular complexity index is 415. The molecule has 112 valence electrons. The van der Waals surface area contributed by atoms with Crippen molar-refractivity contribution in [3.8, 4) is 0 Å². The van der Waals surface area contributed by atoms with Crippen molar-refractivity contribution in [1.82, 2.24) is 15.3 Å². The number of aromatic nitrogens is 2. The Morgan fingerprint density at radius 2 is 1.90 bits per heavy atom. The molecule has 2 rings (SSSR count). The van der Waals surface area contributed by atoms with Crippen LogP contribution in [0.5, 0.6) is 0 Å². The zero-order valence-electron chi connectivity index (χ0n) is 13.1. The molecule has 20 heavy (non-hydrogen) atoms. The maximum atomic E-state index is 4.60. The van der Waals surface area contributed by atoms with Gasteiger partial charge in [0.1, 0.15) is 0 Å². The van der Waals surface area contributed by atoms with Crippen LogP contribution < -0.4 is 5.32 Å².